The molecule has 5 heteroatoms. The summed E-state index contributed by atoms with van der Waals surface area (Å²) in [5.41, 5.74) is 1.64. The van der Waals surface area contributed by atoms with Crippen LogP contribution in [0.2, 0.25) is 0 Å². The van der Waals surface area contributed by atoms with E-state index < -0.39 is 0 Å². The molecule has 1 aromatic heterocycles. The fourth-order valence-electron chi connectivity index (χ4n) is 4.44. The third-order valence-electron chi connectivity index (χ3n) is 6.31. The van der Waals surface area contributed by atoms with Gasteiger partial charge >= 0.3 is 0 Å². The first-order valence-electron chi connectivity index (χ1n) is 11.7. The van der Waals surface area contributed by atoms with Gasteiger partial charge in [0.1, 0.15) is 5.82 Å². The first-order chi connectivity index (χ1) is 14.5. The number of amides is 1. The number of hydrogen-bond donors (Lipinski definition) is 1. The van der Waals surface area contributed by atoms with Crippen LogP contribution in [0.3, 0.4) is 0 Å². The van der Waals surface area contributed by atoms with Gasteiger partial charge in [-0.3, -0.25) is 4.79 Å². The zero-order chi connectivity index (χ0) is 21.5. The van der Waals surface area contributed by atoms with Gasteiger partial charge in [-0.05, 0) is 70.3 Å². The van der Waals surface area contributed by atoms with Gasteiger partial charge in [-0.15, -0.1) is 0 Å². The molecule has 0 unspecified atom stereocenters. The molecule has 1 amide bonds. The Morgan fingerprint density at radius 2 is 2.07 bits per heavy atom. The van der Waals surface area contributed by atoms with Gasteiger partial charge in [0.05, 0.1) is 11.1 Å². The molecule has 0 saturated carbocycles. The monoisotopic (exact) mass is 410 g/mol. The van der Waals surface area contributed by atoms with E-state index in [1.807, 2.05) is 30.3 Å². The number of para-hydroxylation sites is 1. The van der Waals surface area contributed by atoms with Gasteiger partial charge in [0.15, 0.2) is 0 Å². The Hall–Kier alpha value is -2.14. The lowest BCUT2D eigenvalue weighted by molar-refractivity contribution is 0.0939. The fraction of sp³-hybridized carbons (Fsp3) is 0.600. The lowest BCUT2D eigenvalue weighted by Gasteiger charge is -2.32. The number of nitrogens with zero attached hydrogens (tertiary/aromatic N) is 3. The van der Waals surface area contributed by atoms with Gasteiger partial charge in [-0.1, -0.05) is 39.0 Å². The number of pyridine rings is 1. The van der Waals surface area contributed by atoms with Crippen LogP contribution in [0.4, 0.5) is 5.82 Å². The highest BCUT2D eigenvalue weighted by Gasteiger charge is 2.21. The molecule has 5 nitrogen and oxygen atoms in total. The van der Waals surface area contributed by atoms with Gasteiger partial charge in [0.25, 0.3) is 5.91 Å². The standard InChI is InChI=1S/C25H38N4O/c1-5-28(6-2)15-10-12-20(4)26-25(30)22-17-24(29-16-9-11-19(3)18-29)27-23-14-8-7-13-21(22)23/h7-8,13-14,17,19-20H,5-6,9-12,15-16,18H2,1-4H3,(H,26,30)/t19-,20+/m0/s1. The molecule has 2 aromatic rings. The summed E-state index contributed by atoms with van der Waals surface area (Å²) < 4.78 is 0. The SMILES string of the molecule is CCN(CC)CCC[C@@H](C)NC(=O)c1cc(N2CCC[C@H](C)C2)nc2ccccc12. The fourth-order valence-corrected chi connectivity index (χ4v) is 4.44. The summed E-state index contributed by atoms with van der Waals surface area (Å²) in [4.78, 5) is 22.9. The first-order valence-corrected chi connectivity index (χ1v) is 11.7. The van der Waals surface area contributed by atoms with Crippen molar-refractivity contribution >= 4 is 22.6 Å². The van der Waals surface area contributed by atoms with Crippen molar-refractivity contribution in [2.75, 3.05) is 37.6 Å². The Morgan fingerprint density at radius 3 is 2.80 bits per heavy atom. The van der Waals surface area contributed by atoms with Crippen molar-refractivity contribution in [3.05, 3.63) is 35.9 Å². The van der Waals surface area contributed by atoms with Crippen LogP contribution in [0, 0.1) is 5.92 Å². The molecular formula is C25H38N4O. The number of anilines is 1. The van der Waals surface area contributed by atoms with Gasteiger partial charge in [0, 0.05) is 24.5 Å². The summed E-state index contributed by atoms with van der Waals surface area (Å²) in [5, 5.41) is 4.16. The third kappa shape index (κ3) is 5.72. The lowest BCUT2D eigenvalue weighted by Crippen LogP contribution is -2.36. The van der Waals surface area contributed by atoms with Crippen molar-refractivity contribution in [3.63, 3.8) is 0 Å². The van der Waals surface area contributed by atoms with E-state index in [1.54, 1.807) is 0 Å². The van der Waals surface area contributed by atoms with Crippen LogP contribution in [-0.4, -0.2) is 54.6 Å². The largest absolute Gasteiger partial charge is 0.356 e. The van der Waals surface area contributed by atoms with Crippen molar-refractivity contribution in [1.29, 1.82) is 0 Å². The highest BCUT2D eigenvalue weighted by molar-refractivity contribution is 6.07. The maximum Gasteiger partial charge on any atom is 0.252 e. The molecule has 2 heterocycles. The van der Waals surface area contributed by atoms with E-state index in [1.165, 1.54) is 12.8 Å². The zero-order valence-electron chi connectivity index (χ0n) is 19.2. The number of rotatable bonds is 9. The molecule has 1 N–H and O–H groups in total. The van der Waals surface area contributed by atoms with Crippen LogP contribution in [-0.2, 0) is 0 Å². The maximum atomic E-state index is 13.2. The van der Waals surface area contributed by atoms with E-state index in [9.17, 15) is 4.79 Å². The Bertz CT molecular complexity index is 833. The Balaban J connectivity index is 1.74. The zero-order valence-corrected chi connectivity index (χ0v) is 19.2. The van der Waals surface area contributed by atoms with E-state index in [4.69, 9.17) is 4.98 Å². The van der Waals surface area contributed by atoms with Crippen molar-refractivity contribution in [2.45, 2.75) is 59.4 Å². The minimum Gasteiger partial charge on any atom is -0.356 e. The number of nitrogens with one attached hydrogen (secondary N) is 1. The predicted octanol–water partition coefficient (Wildman–Crippen LogP) is 4.71. The van der Waals surface area contributed by atoms with Gasteiger partial charge in [0.2, 0.25) is 0 Å². The topological polar surface area (TPSA) is 48.5 Å². The third-order valence-corrected chi connectivity index (χ3v) is 6.31. The van der Waals surface area contributed by atoms with E-state index >= 15 is 0 Å². The van der Waals surface area contributed by atoms with Gasteiger partial charge in [-0.25, -0.2) is 4.98 Å². The van der Waals surface area contributed by atoms with Crippen molar-refractivity contribution in [2.24, 2.45) is 5.92 Å². The molecule has 2 atom stereocenters. The highest BCUT2D eigenvalue weighted by Crippen LogP contribution is 2.26. The average Bonchev–Trinajstić information content (AvgIpc) is 2.76. The van der Waals surface area contributed by atoms with Gasteiger partial charge < -0.3 is 15.1 Å². The molecule has 0 radical (unpaired) electrons. The lowest BCUT2D eigenvalue weighted by atomic mass is 10.00. The molecule has 1 fully saturated rings. The number of carbonyl (C=O) groups is 1. The molecule has 3 rings (SSSR count). The smallest absolute Gasteiger partial charge is 0.252 e. The van der Waals surface area contributed by atoms with E-state index in [-0.39, 0.29) is 11.9 Å². The number of fused-ring (bicyclic) bond motifs is 1. The van der Waals surface area contributed by atoms with Crippen LogP contribution < -0.4 is 10.2 Å². The number of hydrogen-bond acceptors (Lipinski definition) is 4. The van der Waals surface area contributed by atoms with Crippen LogP contribution in [0.5, 0.6) is 0 Å². The van der Waals surface area contributed by atoms with Crippen LogP contribution in [0.25, 0.3) is 10.9 Å². The second-order valence-corrected chi connectivity index (χ2v) is 8.78. The summed E-state index contributed by atoms with van der Waals surface area (Å²) in [5.74, 6) is 1.60. The highest BCUT2D eigenvalue weighted by atomic mass is 16.1. The molecule has 0 spiro atoms. The minimum atomic E-state index is 0.00949. The van der Waals surface area contributed by atoms with E-state index in [2.05, 4.69) is 42.8 Å². The molecule has 1 saturated heterocycles. The molecular weight excluding hydrogens is 372 g/mol. The number of piperidine rings is 1. The molecule has 0 aliphatic carbocycles. The quantitative estimate of drug-likeness (QED) is 0.650. The summed E-state index contributed by atoms with van der Waals surface area (Å²) >= 11 is 0. The van der Waals surface area contributed by atoms with Crippen molar-refractivity contribution in [1.82, 2.24) is 15.2 Å². The molecule has 30 heavy (non-hydrogen) atoms. The summed E-state index contributed by atoms with van der Waals surface area (Å²) in [6.07, 6.45) is 4.53. The van der Waals surface area contributed by atoms with E-state index in [0.717, 1.165) is 67.8 Å². The summed E-state index contributed by atoms with van der Waals surface area (Å²) in [6, 6.07) is 10.1. The van der Waals surface area contributed by atoms with Crippen LogP contribution in [0.15, 0.2) is 30.3 Å². The molecule has 1 aliphatic heterocycles. The number of carbonyl (C=O) groups excluding carboxylic acids is 1. The Labute approximate surface area is 181 Å². The van der Waals surface area contributed by atoms with Gasteiger partial charge in [-0.2, -0.15) is 0 Å². The Morgan fingerprint density at radius 1 is 1.30 bits per heavy atom. The minimum absolute atomic E-state index is 0.00949. The number of aromatic nitrogens is 1. The van der Waals surface area contributed by atoms with E-state index in [0.29, 0.717) is 5.92 Å². The summed E-state index contributed by atoms with van der Waals surface area (Å²) in [7, 11) is 0. The second kappa shape index (κ2) is 10.8. The second-order valence-electron chi connectivity index (χ2n) is 8.78. The number of benzene rings is 1. The summed E-state index contributed by atoms with van der Waals surface area (Å²) in [6.45, 7) is 14.1. The average molecular weight is 411 g/mol. The predicted molar refractivity (Wildman–Crippen MR) is 126 cm³/mol. The van der Waals surface area contributed by atoms with Crippen molar-refractivity contribution < 1.29 is 4.79 Å². The van der Waals surface area contributed by atoms with Crippen LogP contribution in [0.1, 0.15) is 63.7 Å². The van der Waals surface area contributed by atoms with Crippen LogP contribution >= 0.6 is 0 Å². The van der Waals surface area contributed by atoms with Crippen molar-refractivity contribution in [3.8, 4) is 0 Å². The maximum absolute atomic E-state index is 13.2. The molecule has 164 valence electrons. The molecule has 1 aliphatic rings. The molecule has 0 bridgehead atoms. The molecule has 1 aromatic carbocycles. The Kier molecular flexibility index (Phi) is 8.08. The normalized spacial score (nSPS) is 18.0. The first kappa shape index (κ1) is 22.5.